The van der Waals surface area contributed by atoms with Crippen molar-refractivity contribution in [2.45, 2.75) is 25.7 Å². The number of benzene rings is 2. The topological polar surface area (TPSA) is 124 Å². The predicted molar refractivity (Wildman–Crippen MR) is 129 cm³/mol. The third kappa shape index (κ3) is 3.00. The largest absolute Gasteiger partial charge is 0.508 e. The molecule has 9 heteroatoms. The monoisotopic (exact) mass is 502 g/mol. The third-order valence-electron chi connectivity index (χ3n) is 8.81. The number of methoxy groups -OCH3 is 1. The van der Waals surface area contributed by atoms with Crippen LogP contribution in [-0.4, -0.2) is 46.1 Å². The molecule has 2 N–H and O–H groups in total. The maximum absolute atomic E-state index is 14.2. The summed E-state index contributed by atoms with van der Waals surface area (Å²) in [6, 6.07) is 13.4. The van der Waals surface area contributed by atoms with Gasteiger partial charge in [0.25, 0.3) is 11.8 Å². The van der Waals surface area contributed by atoms with Crippen LogP contribution in [0.4, 0.5) is 5.69 Å². The van der Waals surface area contributed by atoms with Crippen LogP contribution in [-0.2, 0) is 19.2 Å². The SMILES string of the molecule is COc1ccc(O)c(C2C3=CCC4C(=O)N(O)C(=O)C4C3CC3C(=O)N(c4ccccc4)C(=O)C32C)c1. The average molecular weight is 503 g/mol. The summed E-state index contributed by atoms with van der Waals surface area (Å²) < 4.78 is 5.40. The van der Waals surface area contributed by atoms with Gasteiger partial charge in [-0.2, -0.15) is 5.06 Å². The van der Waals surface area contributed by atoms with Gasteiger partial charge in [0.05, 0.1) is 36.0 Å². The molecule has 2 aromatic rings. The van der Waals surface area contributed by atoms with Gasteiger partial charge in [0.15, 0.2) is 0 Å². The van der Waals surface area contributed by atoms with Gasteiger partial charge in [0, 0.05) is 11.5 Å². The quantitative estimate of drug-likeness (QED) is 0.376. The summed E-state index contributed by atoms with van der Waals surface area (Å²) in [5, 5.41) is 21.3. The van der Waals surface area contributed by atoms with Crippen molar-refractivity contribution in [3.63, 3.8) is 0 Å². The fourth-order valence-corrected chi connectivity index (χ4v) is 7.06. The second-order valence-electron chi connectivity index (χ2n) is 10.4. The molecule has 1 saturated carbocycles. The van der Waals surface area contributed by atoms with Crippen molar-refractivity contribution in [2.24, 2.45) is 29.1 Å². The zero-order valence-corrected chi connectivity index (χ0v) is 20.3. The molecule has 3 fully saturated rings. The van der Waals surface area contributed by atoms with Gasteiger partial charge in [-0.05, 0) is 56.0 Å². The lowest BCUT2D eigenvalue weighted by Gasteiger charge is -2.49. The number of ether oxygens (including phenoxy) is 1. The van der Waals surface area contributed by atoms with Crippen molar-refractivity contribution >= 4 is 29.3 Å². The molecule has 6 atom stereocenters. The van der Waals surface area contributed by atoms with Crippen LogP contribution in [0.1, 0.15) is 31.2 Å². The molecule has 2 saturated heterocycles. The Morgan fingerprint density at radius 2 is 1.70 bits per heavy atom. The Kier molecular flexibility index (Phi) is 5.07. The zero-order chi connectivity index (χ0) is 26.2. The van der Waals surface area contributed by atoms with Gasteiger partial charge < -0.3 is 9.84 Å². The number of phenols is 1. The van der Waals surface area contributed by atoms with Crippen LogP contribution in [0.2, 0.25) is 0 Å². The van der Waals surface area contributed by atoms with E-state index in [0.717, 1.165) is 5.57 Å². The van der Waals surface area contributed by atoms with Crippen molar-refractivity contribution in [3.8, 4) is 11.5 Å². The molecule has 0 bridgehead atoms. The first-order valence-electron chi connectivity index (χ1n) is 12.3. The number of anilines is 1. The summed E-state index contributed by atoms with van der Waals surface area (Å²) in [6.07, 6.45) is 2.24. The third-order valence-corrected chi connectivity index (χ3v) is 8.81. The first-order valence-corrected chi connectivity index (χ1v) is 12.3. The first-order chi connectivity index (χ1) is 17.7. The van der Waals surface area contributed by atoms with Crippen LogP contribution >= 0.6 is 0 Å². The van der Waals surface area contributed by atoms with Crippen molar-refractivity contribution in [3.05, 3.63) is 65.7 Å². The highest BCUT2D eigenvalue weighted by Gasteiger charge is 2.68. The molecule has 2 aliphatic carbocycles. The standard InChI is InChI=1S/C28H26N2O7/c1-28-20(25(33)29(27(28)35)14-6-4-3-5-7-14)13-18-16(9-10-17-22(18)26(34)30(36)24(17)32)23(28)19-12-15(37-2)8-11-21(19)31/h3-9,11-12,17-18,20,22-23,31,36H,10,13H2,1-2H3. The van der Waals surface area contributed by atoms with E-state index >= 15 is 0 Å². The lowest BCUT2D eigenvalue weighted by atomic mass is 9.51. The number of hydrogen-bond donors (Lipinski definition) is 2. The molecule has 2 aliphatic heterocycles. The van der Waals surface area contributed by atoms with E-state index in [-0.39, 0.29) is 35.5 Å². The highest BCUT2D eigenvalue weighted by atomic mass is 16.5. The Morgan fingerprint density at radius 1 is 0.973 bits per heavy atom. The Bertz CT molecular complexity index is 1390. The Labute approximate surface area is 212 Å². The Morgan fingerprint density at radius 3 is 2.41 bits per heavy atom. The Balaban J connectivity index is 1.57. The second kappa shape index (κ2) is 8.01. The number of carbonyl (C=O) groups is 4. The van der Waals surface area contributed by atoms with Gasteiger partial charge in [0.1, 0.15) is 11.5 Å². The average Bonchev–Trinajstić information content (AvgIpc) is 3.24. The van der Waals surface area contributed by atoms with E-state index in [0.29, 0.717) is 17.0 Å². The van der Waals surface area contributed by atoms with Crippen molar-refractivity contribution in [2.75, 3.05) is 12.0 Å². The van der Waals surface area contributed by atoms with E-state index in [1.165, 1.54) is 18.1 Å². The molecule has 4 amide bonds. The summed E-state index contributed by atoms with van der Waals surface area (Å²) in [4.78, 5) is 54.9. The smallest absolute Gasteiger partial charge is 0.257 e. The second-order valence-corrected chi connectivity index (χ2v) is 10.4. The van der Waals surface area contributed by atoms with Gasteiger partial charge in [-0.15, -0.1) is 0 Å². The molecule has 6 unspecified atom stereocenters. The molecule has 0 aromatic heterocycles. The maximum atomic E-state index is 14.2. The summed E-state index contributed by atoms with van der Waals surface area (Å²) in [7, 11) is 1.49. The molecular weight excluding hydrogens is 476 g/mol. The fraction of sp³-hybridized carbons (Fsp3) is 0.357. The summed E-state index contributed by atoms with van der Waals surface area (Å²) in [6.45, 7) is 1.74. The summed E-state index contributed by atoms with van der Waals surface area (Å²) >= 11 is 0. The molecule has 4 aliphatic rings. The van der Waals surface area contributed by atoms with Crippen LogP contribution in [0.5, 0.6) is 11.5 Å². The van der Waals surface area contributed by atoms with E-state index in [4.69, 9.17) is 4.74 Å². The fourth-order valence-electron chi connectivity index (χ4n) is 7.06. The van der Waals surface area contributed by atoms with Crippen LogP contribution in [0.3, 0.4) is 0 Å². The number of fused-ring (bicyclic) bond motifs is 4. The van der Waals surface area contributed by atoms with Crippen LogP contribution in [0.25, 0.3) is 0 Å². The predicted octanol–water partition coefficient (Wildman–Crippen LogP) is 3.02. The number of hydroxylamine groups is 2. The molecule has 6 rings (SSSR count). The first kappa shape index (κ1) is 23.4. The number of para-hydroxylation sites is 1. The number of amides is 4. The summed E-state index contributed by atoms with van der Waals surface area (Å²) in [5.41, 5.74) is 0.312. The minimum Gasteiger partial charge on any atom is -0.508 e. The van der Waals surface area contributed by atoms with Gasteiger partial charge in [-0.3, -0.25) is 24.4 Å². The van der Waals surface area contributed by atoms with Crippen LogP contribution in [0.15, 0.2) is 60.2 Å². The van der Waals surface area contributed by atoms with E-state index in [9.17, 15) is 29.5 Å². The maximum Gasteiger partial charge on any atom is 0.257 e. The van der Waals surface area contributed by atoms with Crippen molar-refractivity contribution in [1.82, 2.24) is 5.06 Å². The molecule has 0 radical (unpaired) electrons. The Hall–Kier alpha value is -3.98. The van der Waals surface area contributed by atoms with Gasteiger partial charge >= 0.3 is 0 Å². The van der Waals surface area contributed by atoms with Crippen LogP contribution in [0, 0.1) is 29.1 Å². The summed E-state index contributed by atoms with van der Waals surface area (Å²) in [5.74, 6) is -5.42. The van der Waals surface area contributed by atoms with Gasteiger partial charge in [-0.25, -0.2) is 4.90 Å². The van der Waals surface area contributed by atoms with Gasteiger partial charge in [-0.1, -0.05) is 29.8 Å². The minimum absolute atomic E-state index is 0.0644. The van der Waals surface area contributed by atoms with Crippen molar-refractivity contribution < 1.29 is 34.2 Å². The number of nitrogens with zero attached hydrogens (tertiary/aromatic N) is 2. The molecular formula is C28H26N2O7. The van der Waals surface area contributed by atoms with E-state index < -0.39 is 46.8 Å². The molecule has 2 heterocycles. The number of phenolic OH excluding ortho intramolecular Hbond substituents is 1. The molecule has 2 aromatic carbocycles. The number of hydrogen-bond acceptors (Lipinski definition) is 7. The highest BCUT2D eigenvalue weighted by molar-refractivity contribution is 6.24. The molecule has 37 heavy (non-hydrogen) atoms. The number of allylic oxidation sites excluding steroid dienone is 2. The van der Waals surface area contributed by atoms with E-state index in [2.05, 4.69) is 0 Å². The molecule has 0 spiro atoms. The molecule has 190 valence electrons. The number of imide groups is 2. The van der Waals surface area contributed by atoms with E-state index in [1.54, 1.807) is 49.4 Å². The lowest BCUT2D eigenvalue weighted by Crippen LogP contribution is -2.48. The number of rotatable bonds is 3. The lowest BCUT2D eigenvalue weighted by molar-refractivity contribution is -0.173. The van der Waals surface area contributed by atoms with Crippen molar-refractivity contribution in [1.29, 1.82) is 0 Å². The normalized spacial score (nSPS) is 32.7. The zero-order valence-electron chi connectivity index (χ0n) is 20.3. The van der Waals surface area contributed by atoms with Gasteiger partial charge in [0.2, 0.25) is 11.8 Å². The van der Waals surface area contributed by atoms with E-state index in [1.807, 2.05) is 6.08 Å². The number of carbonyl (C=O) groups excluding carboxylic acids is 4. The minimum atomic E-state index is -1.27. The molecule has 9 nitrogen and oxygen atoms in total. The van der Waals surface area contributed by atoms with Crippen LogP contribution < -0.4 is 9.64 Å². The highest BCUT2D eigenvalue weighted by Crippen LogP contribution is 2.64. The number of aromatic hydroxyl groups is 1.